The van der Waals surface area contributed by atoms with E-state index in [2.05, 4.69) is 0 Å². The first kappa shape index (κ1) is 19.4. The summed E-state index contributed by atoms with van der Waals surface area (Å²) in [5.74, 6) is -1.01. The van der Waals surface area contributed by atoms with Crippen molar-refractivity contribution in [3.8, 4) is 0 Å². The topological polar surface area (TPSA) is 20.3 Å². The van der Waals surface area contributed by atoms with Gasteiger partial charge in [0.05, 0.1) is 5.57 Å². The molecule has 0 saturated carbocycles. The van der Waals surface area contributed by atoms with Gasteiger partial charge in [-0.1, -0.05) is 48.5 Å². The van der Waals surface area contributed by atoms with Crippen molar-refractivity contribution in [1.82, 2.24) is 0 Å². The highest BCUT2D eigenvalue weighted by Gasteiger charge is 2.36. The lowest BCUT2D eigenvalue weighted by atomic mass is 10.1. The second-order valence-corrected chi connectivity index (χ2v) is 6.21. The number of halogens is 3. The molecular weight excluding hydrogens is 363 g/mol. The van der Waals surface area contributed by atoms with Gasteiger partial charge in [-0.3, -0.25) is 4.79 Å². The fraction of sp³-hybridized carbons (Fsp3) is 0.0870. The maximum absolute atomic E-state index is 13.0. The molecule has 0 N–H and O–H groups in total. The van der Waals surface area contributed by atoms with Gasteiger partial charge >= 0.3 is 6.18 Å². The summed E-state index contributed by atoms with van der Waals surface area (Å²) in [6.45, 7) is 0.917. The number of para-hydroxylation sites is 2. The van der Waals surface area contributed by atoms with E-state index >= 15 is 0 Å². The molecule has 0 atom stereocenters. The molecule has 0 radical (unpaired) electrons. The maximum Gasteiger partial charge on any atom is 0.419 e. The van der Waals surface area contributed by atoms with Crippen molar-refractivity contribution >= 4 is 28.9 Å². The summed E-state index contributed by atoms with van der Waals surface area (Å²) in [7, 11) is 0. The zero-order chi connectivity index (χ0) is 20.1. The molecule has 0 aliphatic carbocycles. The summed E-state index contributed by atoms with van der Waals surface area (Å²) in [4.78, 5) is 13.3. The zero-order valence-electron chi connectivity index (χ0n) is 15.1. The first-order chi connectivity index (χ1) is 13.4. The molecule has 0 unspecified atom stereocenters. The van der Waals surface area contributed by atoms with Gasteiger partial charge in [0.2, 0.25) is 0 Å². The van der Waals surface area contributed by atoms with E-state index in [1.54, 1.807) is 24.3 Å². The summed E-state index contributed by atoms with van der Waals surface area (Å²) >= 11 is 0. The Morgan fingerprint density at radius 2 is 1.18 bits per heavy atom. The van der Waals surface area contributed by atoms with Crippen LogP contribution in [0.2, 0.25) is 0 Å². The number of carbonyl (C=O) groups is 1. The Hall–Kier alpha value is -3.34. The van der Waals surface area contributed by atoms with E-state index in [9.17, 15) is 18.0 Å². The number of hydrogen-bond donors (Lipinski definition) is 0. The van der Waals surface area contributed by atoms with Crippen molar-refractivity contribution in [3.05, 3.63) is 96.1 Å². The number of rotatable bonds is 5. The Balaban J connectivity index is 2.01. The number of Topliss-reactive ketones (excluding diaryl/α,β-unsaturated/α-hetero) is 1. The van der Waals surface area contributed by atoms with Crippen LogP contribution in [0.15, 0.2) is 90.5 Å². The van der Waals surface area contributed by atoms with Crippen LogP contribution in [-0.2, 0) is 4.79 Å². The predicted octanol–water partition coefficient (Wildman–Crippen LogP) is 6.69. The summed E-state index contributed by atoms with van der Waals surface area (Å²) in [6.07, 6.45) is -3.80. The summed E-state index contributed by atoms with van der Waals surface area (Å²) in [5, 5.41) is 0. The van der Waals surface area contributed by atoms with Crippen LogP contribution >= 0.6 is 0 Å². The van der Waals surface area contributed by atoms with Gasteiger partial charge in [0.1, 0.15) is 0 Å². The predicted molar refractivity (Wildman–Crippen MR) is 106 cm³/mol. The van der Waals surface area contributed by atoms with E-state index in [1.807, 2.05) is 65.6 Å². The largest absolute Gasteiger partial charge is 0.419 e. The van der Waals surface area contributed by atoms with Crippen molar-refractivity contribution in [2.75, 3.05) is 4.90 Å². The van der Waals surface area contributed by atoms with Crippen molar-refractivity contribution in [1.29, 1.82) is 0 Å². The minimum absolute atomic E-state index is 0.312. The van der Waals surface area contributed by atoms with E-state index < -0.39 is 17.5 Å². The molecule has 0 heterocycles. The first-order valence-corrected chi connectivity index (χ1v) is 8.66. The minimum atomic E-state index is -4.68. The highest BCUT2D eigenvalue weighted by atomic mass is 19.4. The van der Waals surface area contributed by atoms with E-state index in [-0.39, 0.29) is 0 Å². The molecule has 0 aromatic heterocycles. The fourth-order valence-corrected chi connectivity index (χ4v) is 2.87. The average molecular weight is 381 g/mol. The monoisotopic (exact) mass is 381 g/mol. The molecule has 0 bridgehead atoms. The van der Waals surface area contributed by atoms with E-state index in [1.165, 1.54) is 0 Å². The molecule has 3 aromatic carbocycles. The lowest BCUT2D eigenvalue weighted by molar-refractivity contribution is -0.126. The number of ketones is 1. The second-order valence-electron chi connectivity index (χ2n) is 6.21. The van der Waals surface area contributed by atoms with Crippen molar-refractivity contribution in [2.24, 2.45) is 0 Å². The van der Waals surface area contributed by atoms with Gasteiger partial charge in [-0.15, -0.1) is 0 Å². The number of hydrogen-bond acceptors (Lipinski definition) is 2. The van der Waals surface area contributed by atoms with Crippen LogP contribution in [0.3, 0.4) is 0 Å². The van der Waals surface area contributed by atoms with Crippen LogP contribution in [0.25, 0.3) is 6.08 Å². The van der Waals surface area contributed by atoms with Crippen LogP contribution in [0.4, 0.5) is 30.2 Å². The maximum atomic E-state index is 13.0. The van der Waals surface area contributed by atoms with Crippen LogP contribution < -0.4 is 4.90 Å². The van der Waals surface area contributed by atoms with E-state index in [0.29, 0.717) is 5.56 Å². The smallest absolute Gasteiger partial charge is 0.311 e. The Labute approximate surface area is 161 Å². The molecule has 28 heavy (non-hydrogen) atoms. The molecule has 0 fully saturated rings. The highest BCUT2D eigenvalue weighted by molar-refractivity contribution is 5.99. The van der Waals surface area contributed by atoms with Crippen LogP contribution in [0.1, 0.15) is 12.5 Å². The number of nitrogens with zero attached hydrogens (tertiary/aromatic N) is 1. The van der Waals surface area contributed by atoms with Crippen molar-refractivity contribution in [2.45, 2.75) is 13.1 Å². The molecule has 2 nitrogen and oxygen atoms in total. The number of benzene rings is 3. The van der Waals surface area contributed by atoms with Gasteiger partial charge < -0.3 is 4.90 Å². The number of allylic oxidation sites excluding steroid dienone is 1. The van der Waals surface area contributed by atoms with Gasteiger partial charge in [0, 0.05) is 17.1 Å². The average Bonchev–Trinajstić information content (AvgIpc) is 2.68. The lowest BCUT2D eigenvalue weighted by Gasteiger charge is -2.25. The van der Waals surface area contributed by atoms with E-state index in [4.69, 9.17) is 0 Å². The second kappa shape index (κ2) is 8.13. The van der Waals surface area contributed by atoms with Gasteiger partial charge in [-0.05, 0) is 55.0 Å². The third kappa shape index (κ3) is 4.49. The SMILES string of the molecule is CC(=O)/C(=C/c1ccc(N(c2ccccc2)c2ccccc2)cc1)C(F)(F)F. The molecule has 5 heteroatoms. The number of anilines is 3. The summed E-state index contributed by atoms with van der Waals surface area (Å²) in [5.41, 5.74) is 1.80. The molecule has 142 valence electrons. The van der Waals surface area contributed by atoms with Gasteiger partial charge in [-0.2, -0.15) is 13.2 Å². The Morgan fingerprint density at radius 3 is 1.57 bits per heavy atom. The molecule has 0 spiro atoms. The van der Waals surface area contributed by atoms with Gasteiger partial charge in [0.25, 0.3) is 0 Å². The normalized spacial score (nSPS) is 11.9. The van der Waals surface area contributed by atoms with Crippen LogP contribution in [0, 0.1) is 0 Å². The van der Waals surface area contributed by atoms with Crippen LogP contribution in [0.5, 0.6) is 0 Å². The molecule has 0 saturated heterocycles. The lowest BCUT2D eigenvalue weighted by Crippen LogP contribution is -2.17. The first-order valence-electron chi connectivity index (χ1n) is 8.66. The molecular formula is C23H18F3NO. The molecule has 3 rings (SSSR count). The van der Waals surface area contributed by atoms with Crippen LogP contribution in [-0.4, -0.2) is 12.0 Å². The summed E-state index contributed by atoms with van der Waals surface area (Å²) in [6, 6.07) is 26.0. The quantitative estimate of drug-likeness (QED) is 0.459. The summed E-state index contributed by atoms with van der Waals surface area (Å²) < 4.78 is 39.0. The zero-order valence-corrected chi connectivity index (χ0v) is 15.1. The number of alkyl halides is 3. The van der Waals surface area contributed by atoms with Gasteiger partial charge in [0.15, 0.2) is 5.78 Å². The third-order valence-electron chi connectivity index (χ3n) is 4.18. The highest BCUT2D eigenvalue weighted by Crippen LogP contribution is 2.34. The molecule has 0 aliphatic rings. The fourth-order valence-electron chi connectivity index (χ4n) is 2.87. The third-order valence-corrected chi connectivity index (χ3v) is 4.18. The standard InChI is InChI=1S/C23H18F3NO/c1-17(28)22(23(24,25)26)16-18-12-14-21(15-13-18)27(19-8-4-2-5-9-19)20-10-6-3-7-11-20/h2-16H,1H3/b22-16-. The minimum Gasteiger partial charge on any atom is -0.311 e. The Morgan fingerprint density at radius 1 is 0.750 bits per heavy atom. The van der Waals surface area contributed by atoms with Crippen molar-refractivity contribution < 1.29 is 18.0 Å². The Bertz CT molecular complexity index is 923. The molecule has 3 aromatic rings. The van der Waals surface area contributed by atoms with Gasteiger partial charge in [-0.25, -0.2) is 0 Å². The molecule has 0 aliphatic heterocycles. The molecule has 0 amide bonds. The van der Waals surface area contributed by atoms with E-state index in [0.717, 1.165) is 30.1 Å². The number of carbonyl (C=O) groups excluding carboxylic acids is 1. The van der Waals surface area contributed by atoms with Crippen molar-refractivity contribution in [3.63, 3.8) is 0 Å². The Kier molecular flexibility index (Phi) is 5.64.